The van der Waals surface area contributed by atoms with Gasteiger partial charge in [-0.3, -0.25) is 10.1 Å². The van der Waals surface area contributed by atoms with Crippen LogP contribution < -0.4 is 5.32 Å². The number of fused-ring (bicyclic) bond motifs is 1. The molecule has 1 amide bonds. The van der Waals surface area contributed by atoms with Gasteiger partial charge in [-0.1, -0.05) is 47.6 Å². The molecule has 0 radical (unpaired) electrons. The van der Waals surface area contributed by atoms with Gasteiger partial charge in [0.15, 0.2) is 0 Å². The van der Waals surface area contributed by atoms with Crippen LogP contribution in [-0.2, 0) is 11.2 Å². The largest absolute Gasteiger partial charge is 0.364 e. The highest BCUT2D eigenvalue weighted by molar-refractivity contribution is 5.92. The first-order valence-electron chi connectivity index (χ1n) is 8.43. The minimum atomic E-state index is -0.185. The first-order chi connectivity index (χ1) is 12.7. The molecule has 0 saturated heterocycles. The fourth-order valence-corrected chi connectivity index (χ4v) is 3.07. The number of nitrogens with one attached hydrogen (secondary N) is 1. The molecule has 130 valence electrons. The van der Waals surface area contributed by atoms with Crippen LogP contribution in [-0.4, -0.2) is 20.6 Å². The number of para-hydroxylation sites is 2. The summed E-state index contributed by atoms with van der Waals surface area (Å²) in [5, 5.41) is 6.70. The lowest BCUT2D eigenvalue weighted by Gasteiger charge is -2.18. The third kappa shape index (κ3) is 3.09. The molecule has 0 fully saturated rings. The predicted molar refractivity (Wildman–Crippen MR) is 98.8 cm³/mol. The second-order valence-electron chi connectivity index (χ2n) is 6.10. The van der Waals surface area contributed by atoms with E-state index < -0.39 is 0 Å². The molecule has 6 heteroatoms. The van der Waals surface area contributed by atoms with Crippen molar-refractivity contribution in [1.29, 1.82) is 0 Å². The molecule has 0 saturated carbocycles. The van der Waals surface area contributed by atoms with Crippen LogP contribution in [0.5, 0.6) is 0 Å². The number of benzene rings is 2. The first kappa shape index (κ1) is 16.1. The van der Waals surface area contributed by atoms with E-state index >= 15 is 0 Å². The minimum Gasteiger partial charge on any atom is -0.364 e. The van der Waals surface area contributed by atoms with Crippen LogP contribution in [0.3, 0.4) is 0 Å². The van der Waals surface area contributed by atoms with Crippen molar-refractivity contribution >= 4 is 22.9 Å². The summed E-state index contributed by atoms with van der Waals surface area (Å²) in [7, 11) is 0. The lowest BCUT2D eigenvalue weighted by atomic mass is 10.1. The van der Waals surface area contributed by atoms with Gasteiger partial charge in [0.1, 0.15) is 6.26 Å². The molecule has 2 aromatic carbocycles. The normalized spacial score (nSPS) is 12.2. The third-order valence-electron chi connectivity index (χ3n) is 4.35. The van der Waals surface area contributed by atoms with Crippen LogP contribution in [0.2, 0.25) is 0 Å². The zero-order chi connectivity index (χ0) is 17.9. The quantitative estimate of drug-likeness (QED) is 0.596. The molecule has 1 atom stereocenters. The second kappa shape index (κ2) is 6.84. The number of rotatable bonds is 5. The molecule has 2 aromatic heterocycles. The molecule has 0 aliphatic rings. The van der Waals surface area contributed by atoms with Crippen LogP contribution in [0.15, 0.2) is 71.4 Å². The SMILES string of the molecule is C[C@H](c1ccccc1)n1c(NC(=O)Cc2ccon2)nc2ccccc21. The van der Waals surface area contributed by atoms with Crippen molar-refractivity contribution in [2.24, 2.45) is 0 Å². The van der Waals surface area contributed by atoms with Gasteiger partial charge in [0.25, 0.3) is 0 Å². The second-order valence-corrected chi connectivity index (χ2v) is 6.10. The van der Waals surface area contributed by atoms with E-state index in [1.54, 1.807) is 6.07 Å². The Morgan fingerprint density at radius 2 is 1.88 bits per heavy atom. The number of amides is 1. The molecule has 6 nitrogen and oxygen atoms in total. The highest BCUT2D eigenvalue weighted by Gasteiger charge is 2.19. The summed E-state index contributed by atoms with van der Waals surface area (Å²) in [6, 6.07) is 19.7. The number of nitrogens with zero attached hydrogens (tertiary/aromatic N) is 3. The van der Waals surface area contributed by atoms with E-state index in [9.17, 15) is 4.79 Å². The summed E-state index contributed by atoms with van der Waals surface area (Å²) in [6.45, 7) is 2.09. The van der Waals surface area contributed by atoms with Gasteiger partial charge < -0.3 is 9.09 Å². The number of aromatic nitrogens is 3. The Kier molecular flexibility index (Phi) is 4.23. The van der Waals surface area contributed by atoms with E-state index in [2.05, 4.69) is 34.5 Å². The van der Waals surface area contributed by atoms with Crippen LogP contribution in [0.4, 0.5) is 5.95 Å². The van der Waals surface area contributed by atoms with Crippen molar-refractivity contribution in [3.63, 3.8) is 0 Å². The Morgan fingerprint density at radius 3 is 2.65 bits per heavy atom. The van der Waals surface area contributed by atoms with Crippen molar-refractivity contribution in [2.75, 3.05) is 5.32 Å². The zero-order valence-corrected chi connectivity index (χ0v) is 14.3. The molecule has 0 aliphatic carbocycles. The van der Waals surface area contributed by atoms with Gasteiger partial charge in [0.05, 0.1) is 29.2 Å². The van der Waals surface area contributed by atoms with E-state index in [4.69, 9.17) is 4.52 Å². The van der Waals surface area contributed by atoms with Gasteiger partial charge in [-0.2, -0.15) is 0 Å². The van der Waals surface area contributed by atoms with E-state index in [0.29, 0.717) is 11.6 Å². The van der Waals surface area contributed by atoms with Crippen LogP contribution in [0, 0.1) is 0 Å². The van der Waals surface area contributed by atoms with Crippen LogP contribution in [0.1, 0.15) is 24.2 Å². The van der Waals surface area contributed by atoms with Crippen LogP contribution >= 0.6 is 0 Å². The van der Waals surface area contributed by atoms with Gasteiger partial charge in [-0.15, -0.1) is 0 Å². The van der Waals surface area contributed by atoms with Crippen molar-refractivity contribution < 1.29 is 9.32 Å². The van der Waals surface area contributed by atoms with Gasteiger partial charge in [-0.05, 0) is 24.6 Å². The van der Waals surface area contributed by atoms with Gasteiger partial charge in [0.2, 0.25) is 11.9 Å². The Bertz CT molecular complexity index is 1020. The van der Waals surface area contributed by atoms with Crippen molar-refractivity contribution in [3.8, 4) is 0 Å². The standard InChI is InChI=1S/C20H18N4O2/c1-14(15-7-3-2-4-8-15)24-18-10-6-5-9-17(18)21-20(24)22-19(25)13-16-11-12-26-23-16/h2-12,14H,13H2,1H3,(H,21,22,25)/t14-/m1/s1. The summed E-state index contributed by atoms with van der Waals surface area (Å²) >= 11 is 0. The molecule has 0 unspecified atom stereocenters. The van der Waals surface area contributed by atoms with Gasteiger partial charge in [0, 0.05) is 6.07 Å². The molecule has 4 rings (SSSR count). The predicted octanol–water partition coefficient (Wildman–Crippen LogP) is 3.81. The summed E-state index contributed by atoms with van der Waals surface area (Å²) in [5.74, 6) is 0.340. The number of hydrogen-bond donors (Lipinski definition) is 1. The Hall–Kier alpha value is -3.41. The summed E-state index contributed by atoms with van der Waals surface area (Å²) < 4.78 is 6.83. The highest BCUT2D eigenvalue weighted by Crippen LogP contribution is 2.28. The fourth-order valence-electron chi connectivity index (χ4n) is 3.07. The van der Waals surface area contributed by atoms with Crippen LogP contribution in [0.25, 0.3) is 11.0 Å². The molecule has 26 heavy (non-hydrogen) atoms. The number of carbonyl (C=O) groups is 1. The molecule has 0 aliphatic heterocycles. The Labute approximate surface area is 150 Å². The highest BCUT2D eigenvalue weighted by atomic mass is 16.5. The fraction of sp³-hybridized carbons (Fsp3) is 0.150. The first-order valence-corrected chi connectivity index (χ1v) is 8.43. The smallest absolute Gasteiger partial charge is 0.232 e. The topological polar surface area (TPSA) is 73.0 Å². The summed E-state index contributed by atoms with van der Waals surface area (Å²) in [5.41, 5.74) is 3.54. The molecular formula is C20H18N4O2. The maximum Gasteiger partial charge on any atom is 0.232 e. The van der Waals surface area contributed by atoms with Crippen molar-refractivity contribution in [3.05, 3.63) is 78.2 Å². The molecule has 2 heterocycles. The average molecular weight is 346 g/mol. The molecule has 1 N–H and O–H groups in total. The maximum absolute atomic E-state index is 12.4. The molecule has 0 bridgehead atoms. The number of anilines is 1. The van der Waals surface area contributed by atoms with Gasteiger partial charge in [-0.25, -0.2) is 4.98 Å². The van der Waals surface area contributed by atoms with Gasteiger partial charge >= 0.3 is 0 Å². The Balaban J connectivity index is 1.71. The molecule has 0 spiro atoms. The van der Waals surface area contributed by atoms with E-state index in [1.165, 1.54) is 6.26 Å². The maximum atomic E-state index is 12.4. The van der Waals surface area contributed by atoms with Crippen molar-refractivity contribution in [1.82, 2.24) is 14.7 Å². The van der Waals surface area contributed by atoms with Crippen molar-refractivity contribution in [2.45, 2.75) is 19.4 Å². The van der Waals surface area contributed by atoms with E-state index in [-0.39, 0.29) is 18.4 Å². The number of carbonyl (C=O) groups excluding carboxylic acids is 1. The summed E-state index contributed by atoms with van der Waals surface area (Å²) in [4.78, 5) is 17.0. The Morgan fingerprint density at radius 1 is 1.12 bits per heavy atom. The zero-order valence-electron chi connectivity index (χ0n) is 14.3. The summed E-state index contributed by atoms with van der Waals surface area (Å²) in [6.07, 6.45) is 1.59. The average Bonchev–Trinajstić information content (AvgIpc) is 3.29. The lowest BCUT2D eigenvalue weighted by Crippen LogP contribution is -2.19. The molecular weight excluding hydrogens is 328 g/mol. The molecule has 4 aromatic rings. The minimum absolute atomic E-state index is 0.0194. The van der Waals surface area contributed by atoms with E-state index in [0.717, 1.165) is 16.6 Å². The number of imidazole rings is 1. The lowest BCUT2D eigenvalue weighted by molar-refractivity contribution is -0.115. The number of hydrogen-bond acceptors (Lipinski definition) is 4. The van der Waals surface area contributed by atoms with E-state index in [1.807, 2.05) is 47.0 Å². The third-order valence-corrected chi connectivity index (χ3v) is 4.35. The monoisotopic (exact) mass is 346 g/mol.